The summed E-state index contributed by atoms with van der Waals surface area (Å²) in [7, 11) is 0. The molecule has 0 bridgehead atoms. The number of ether oxygens (including phenoxy) is 1. The first-order chi connectivity index (χ1) is 6.65. The van der Waals surface area contributed by atoms with Crippen molar-refractivity contribution < 1.29 is 14.6 Å². The standard InChI is InChI=1S/C11H14O3/c1-3-14-11(8(2)12)9-4-6-10(13)7-5-9/h4-7,11,13H,3H2,1-2H3. The normalized spacial score (nSPS) is 12.4. The van der Waals surface area contributed by atoms with E-state index in [1.54, 1.807) is 24.3 Å². The number of aromatic hydroxyl groups is 1. The Balaban J connectivity index is 2.87. The molecule has 0 fully saturated rings. The van der Waals surface area contributed by atoms with Crippen molar-refractivity contribution in [2.24, 2.45) is 0 Å². The van der Waals surface area contributed by atoms with Crippen molar-refractivity contribution in [2.75, 3.05) is 6.61 Å². The molecule has 3 nitrogen and oxygen atoms in total. The Bertz CT molecular complexity index is 303. The third-order valence-electron chi connectivity index (χ3n) is 1.90. The van der Waals surface area contributed by atoms with Gasteiger partial charge in [0.25, 0.3) is 0 Å². The second kappa shape index (κ2) is 4.77. The molecule has 0 aromatic heterocycles. The van der Waals surface area contributed by atoms with E-state index in [0.29, 0.717) is 6.61 Å². The summed E-state index contributed by atoms with van der Waals surface area (Å²) in [4.78, 5) is 11.2. The van der Waals surface area contributed by atoms with Crippen LogP contribution in [0.3, 0.4) is 0 Å². The maximum absolute atomic E-state index is 11.2. The summed E-state index contributed by atoms with van der Waals surface area (Å²) in [5.74, 6) is 0.157. The van der Waals surface area contributed by atoms with Gasteiger partial charge in [0.1, 0.15) is 11.9 Å². The van der Waals surface area contributed by atoms with E-state index in [4.69, 9.17) is 9.84 Å². The largest absolute Gasteiger partial charge is 0.508 e. The minimum atomic E-state index is -0.513. The number of hydrogen-bond donors (Lipinski definition) is 1. The second-order valence-corrected chi connectivity index (χ2v) is 3.04. The molecule has 76 valence electrons. The van der Waals surface area contributed by atoms with Crippen LogP contribution in [0.4, 0.5) is 0 Å². The van der Waals surface area contributed by atoms with Crippen LogP contribution in [0.2, 0.25) is 0 Å². The molecular weight excluding hydrogens is 180 g/mol. The van der Waals surface area contributed by atoms with Crippen LogP contribution in [0.5, 0.6) is 5.75 Å². The minimum absolute atomic E-state index is 0.0301. The van der Waals surface area contributed by atoms with Gasteiger partial charge in [0.15, 0.2) is 5.78 Å². The van der Waals surface area contributed by atoms with Crippen LogP contribution >= 0.6 is 0 Å². The molecule has 3 heteroatoms. The molecule has 0 aliphatic carbocycles. The molecule has 1 aromatic rings. The predicted octanol–water partition coefficient (Wildman–Crippen LogP) is 2.06. The highest BCUT2D eigenvalue weighted by Gasteiger charge is 2.15. The summed E-state index contributed by atoms with van der Waals surface area (Å²) in [5, 5.41) is 9.08. The van der Waals surface area contributed by atoms with Gasteiger partial charge >= 0.3 is 0 Å². The van der Waals surface area contributed by atoms with Crippen LogP contribution in [0, 0.1) is 0 Å². The number of phenols is 1. The molecule has 0 heterocycles. The van der Waals surface area contributed by atoms with Gasteiger partial charge in [-0.25, -0.2) is 0 Å². The number of rotatable bonds is 4. The van der Waals surface area contributed by atoms with Gasteiger partial charge in [0.2, 0.25) is 0 Å². The van der Waals surface area contributed by atoms with E-state index in [1.165, 1.54) is 6.92 Å². The summed E-state index contributed by atoms with van der Waals surface area (Å²) in [6, 6.07) is 6.47. The van der Waals surface area contributed by atoms with Crippen molar-refractivity contribution in [3.63, 3.8) is 0 Å². The van der Waals surface area contributed by atoms with Crippen molar-refractivity contribution >= 4 is 5.78 Å². The number of Topliss-reactive ketones (excluding diaryl/α,β-unsaturated/α-hetero) is 1. The van der Waals surface area contributed by atoms with Gasteiger partial charge in [-0.15, -0.1) is 0 Å². The van der Waals surface area contributed by atoms with Crippen LogP contribution < -0.4 is 0 Å². The van der Waals surface area contributed by atoms with Gasteiger partial charge in [-0.1, -0.05) is 12.1 Å². The number of benzene rings is 1. The van der Waals surface area contributed by atoms with Crippen LogP contribution in [-0.2, 0) is 9.53 Å². The van der Waals surface area contributed by atoms with Gasteiger partial charge < -0.3 is 9.84 Å². The summed E-state index contributed by atoms with van der Waals surface area (Å²) < 4.78 is 5.30. The highest BCUT2D eigenvalue weighted by Crippen LogP contribution is 2.20. The molecule has 1 rings (SSSR count). The Morgan fingerprint density at radius 1 is 1.43 bits per heavy atom. The molecule has 1 N–H and O–H groups in total. The van der Waals surface area contributed by atoms with Gasteiger partial charge in [-0.05, 0) is 31.5 Å². The summed E-state index contributed by atoms with van der Waals surface area (Å²) in [6.07, 6.45) is -0.513. The highest BCUT2D eigenvalue weighted by molar-refractivity contribution is 5.81. The molecule has 0 aliphatic heterocycles. The average molecular weight is 194 g/mol. The summed E-state index contributed by atoms with van der Waals surface area (Å²) in [6.45, 7) is 3.83. The second-order valence-electron chi connectivity index (χ2n) is 3.04. The van der Waals surface area contributed by atoms with Gasteiger partial charge in [-0.2, -0.15) is 0 Å². The molecule has 0 amide bonds. The third-order valence-corrected chi connectivity index (χ3v) is 1.90. The van der Waals surface area contributed by atoms with Gasteiger partial charge in [0, 0.05) is 6.61 Å². The van der Waals surface area contributed by atoms with Gasteiger partial charge in [0.05, 0.1) is 0 Å². The Labute approximate surface area is 83.3 Å². The first kappa shape index (κ1) is 10.7. The maximum Gasteiger partial charge on any atom is 0.163 e. The maximum atomic E-state index is 11.2. The first-order valence-electron chi connectivity index (χ1n) is 4.56. The Kier molecular flexibility index (Phi) is 3.65. The number of hydrogen-bond acceptors (Lipinski definition) is 3. The van der Waals surface area contributed by atoms with Crippen LogP contribution in [0.25, 0.3) is 0 Å². The quantitative estimate of drug-likeness (QED) is 0.798. The van der Waals surface area contributed by atoms with E-state index in [2.05, 4.69) is 0 Å². The molecule has 0 saturated carbocycles. The smallest absolute Gasteiger partial charge is 0.163 e. The van der Waals surface area contributed by atoms with E-state index >= 15 is 0 Å². The van der Waals surface area contributed by atoms with E-state index in [0.717, 1.165) is 5.56 Å². The molecule has 1 atom stereocenters. The Hall–Kier alpha value is -1.35. The molecule has 0 radical (unpaired) electrons. The molecule has 14 heavy (non-hydrogen) atoms. The minimum Gasteiger partial charge on any atom is -0.508 e. The number of phenolic OH excluding ortho intramolecular Hbond substituents is 1. The monoisotopic (exact) mass is 194 g/mol. The third kappa shape index (κ3) is 2.57. The Morgan fingerprint density at radius 2 is 2.00 bits per heavy atom. The van der Waals surface area contributed by atoms with Crippen molar-refractivity contribution in [3.05, 3.63) is 29.8 Å². The zero-order valence-corrected chi connectivity index (χ0v) is 8.36. The fourth-order valence-electron chi connectivity index (χ4n) is 1.26. The Morgan fingerprint density at radius 3 is 2.43 bits per heavy atom. The molecule has 1 unspecified atom stereocenters. The summed E-state index contributed by atoms with van der Waals surface area (Å²) >= 11 is 0. The van der Waals surface area contributed by atoms with E-state index < -0.39 is 6.10 Å². The average Bonchev–Trinajstić information content (AvgIpc) is 2.15. The lowest BCUT2D eigenvalue weighted by Gasteiger charge is -2.13. The van der Waals surface area contributed by atoms with Crippen LogP contribution in [0.1, 0.15) is 25.5 Å². The SMILES string of the molecule is CCOC(C(C)=O)c1ccc(O)cc1. The highest BCUT2D eigenvalue weighted by atomic mass is 16.5. The number of carbonyl (C=O) groups excluding carboxylic acids is 1. The predicted molar refractivity (Wildman–Crippen MR) is 53.2 cm³/mol. The lowest BCUT2D eigenvalue weighted by atomic mass is 10.1. The van der Waals surface area contributed by atoms with Crippen molar-refractivity contribution in [1.29, 1.82) is 0 Å². The van der Waals surface area contributed by atoms with Crippen LogP contribution in [0.15, 0.2) is 24.3 Å². The van der Waals surface area contributed by atoms with Gasteiger partial charge in [-0.3, -0.25) is 4.79 Å². The molecular formula is C11H14O3. The lowest BCUT2D eigenvalue weighted by molar-refractivity contribution is -0.128. The van der Waals surface area contributed by atoms with E-state index in [-0.39, 0.29) is 11.5 Å². The van der Waals surface area contributed by atoms with Crippen molar-refractivity contribution in [2.45, 2.75) is 20.0 Å². The number of ketones is 1. The number of carbonyl (C=O) groups is 1. The fourth-order valence-corrected chi connectivity index (χ4v) is 1.26. The lowest BCUT2D eigenvalue weighted by Crippen LogP contribution is -2.12. The zero-order chi connectivity index (χ0) is 10.6. The topological polar surface area (TPSA) is 46.5 Å². The van der Waals surface area contributed by atoms with Crippen molar-refractivity contribution in [1.82, 2.24) is 0 Å². The van der Waals surface area contributed by atoms with Crippen molar-refractivity contribution in [3.8, 4) is 5.75 Å². The molecule has 1 aromatic carbocycles. The van der Waals surface area contributed by atoms with E-state index in [1.807, 2.05) is 6.92 Å². The van der Waals surface area contributed by atoms with Crippen LogP contribution in [-0.4, -0.2) is 17.5 Å². The fraction of sp³-hybridized carbons (Fsp3) is 0.364. The molecule has 0 spiro atoms. The molecule has 0 saturated heterocycles. The molecule has 0 aliphatic rings. The first-order valence-corrected chi connectivity index (χ1v) is 4.56. The zero-order valence-electron chi connectivity index (χ0n) is 8.36. The summed E-state index contributed by atoms with van der Waals surface area (Å²) in [5.41, 5.74) is 0.775. The van der Waals surface area contributed by atoms with E-state index in [9.17, 15) is 4.79 Å².